The predicted octanol–water partition coefficient (Wildman–Crippen LogP) is 0.631. The second kappa shape index (κ2) is 3.89. The Balaban J connectivity index is 2.18. The lowest BCUT2D eigenvalue weighted by Gasteiger charge is -2.02. The van der Waals surface area contributed by atoms with Crippen molar-refractivity contribution in [2.45, 2.75) is 25.7 Å². The Morgan fingerprint density at radius 2 is 2.31 bits per heavy atom. The second-order valence-corrected chi connectivity index (χ2v) is 5.69. The second-order valence-electron chi connectivity index (χ2n) is 3.68. The van der Waals surface area contributed by atoms with Crippen LogP contribution in [0.1, 0.15) is 41.9 Å². The number of carbonyl (C=O) groups excluding carboxylic acids is 1. The largest absolute Gasteiger partial charge is 0.438 e. The van der Waals surface area contributed by atoms with Gasteiger partial charge in [0, 0.05) is 5.92 Å². The molecule has 88 valence electrons. The van der Waals surface area contributed by atoms with E-state index in [1.54, 1.807) is 0 Å². The van der Waals surface area contributed by atoms with Gasteiger partial charge in [-0.15, -0.1) is 0 Å². The smallest absolute Gasteiger partial charge is 0.302 e. The van der Waals surface area contributed by atoms with Gasteiger partial charge in [0.1, 0.15) is 0 Å². The van der Waals surface area contributed by atoms with Crippen molar-refractivity contribution in [2.24, 2.45) is 0 Å². The molecular formula is C9H12N2O4S. The molecule has 0 saturated heterocycles. The average molecular weight is 244 g/mol. The van der Waals surface area contributed by atoms with Gasteiger partial charge in [0.05, 0.1) is 11.4 Å². The molecule has 0 unspecified atom stereocenters. The van der Waals surface area contributed by atoms with Crippen molar-refractivity contribution in [3.05, 3.63) is 17.8 Å². The van der Waals surface area contributed by atoms with Crippen LogP contribution in [0.15, 0.2) is 10.8 Å². The first-order valence-electron chi connectivity index (χ1n) is 5.01. The molecule has 1 aromatic heterocycles. The molecule has 0 radical (unpaired) electrons. The Morgan fingerprint density at radius 1 is 1.62 bits per heavy atom. The Morgan fingerprint density at radius 3 is 2.88 bits per heavy atom. The molecule has 0 aliphatic heterocycles. The van der Waals surface area contributed by atoms with Crippen LogP contribution in [0.25, 0.3) is 0 Å². The normalized spacial score (nSPS) is 16.1. The van der Waals surface area contributed by atoms with Gasteiger partial charge in [-0.3, -0.25) is 4.79 Å². The lowest BCUT2D eigenvalue weighted by molar-refractivity contribution is 0.0953. The lowest BCUT2D eigenvalue weighted by Crippen LogP contribution is -2.32. The van der Waals surface area contributed by atoms with Gasteiger partial charge < -0.3 is 4.42 Å². The van der Waals surface area contributed by atoms with E-state index in [0.29, 0.717) is 5.69 Å². The highest BCUT2D eigenvalue weighted by Gasteiger charge is 2.32. The topological polar surface area (TPSA) is 89.3 Å². The zero-order chi connectivity index (χ0) is 11.8. The molecule has 1 amide bonds. The fraction of sp³-hybridized carbons (Fsp3) is 0.556. The van der Waals surface area contributed by atoms with Crippen LogP contribution in [-0.4, -0.2) is 25.1 Å². The number of nitrogens with zero attached hydrogens (tertiary/aromatic N) is 1. The number of nitrogens with one attached hydrogen (secondary N) is 1. The van der Waals surface area contributed by atoms with E-state index in [4.69, 9.17) is 4.42 Å². The highest BCUT2D eigenvalue weighted by Crippen LogP contribution is 2.40. The van der Waals surface area contributed by atoms with Gasteiger partial charge in [-0.1, -0.05) is 0 Å². The van der Waals surface area contributed by atoms with Crippen LogP contribution in [0, 0.1) is 0 Å². The van der Waals surface area contributed by atoms with Crippen molar-refractivity contribution >= 4 is 15.9 Å². The van der Waals surface area contributed by atoms with Crippen LogP contribution in [-0.2, 0) is 10.0 Å². The van der Waals surface area contributed by atoms with E-state index in [9.17, 15) is 13.2 Å². The SMILES string of the molecule is CCS(=O)(=O)NC(=O)c1ocnc1C1CC1. The number of amides is 1. The summed E-state index contributed by atoms with van der Waals surface area (Å²) < 4.78 is 29.3. The molecule has 1 aliphatic carbocycles. The van der Waals surface area contributed by atoms with Gasteiger partial charge in [0.25, 0.3) is 0 Å². The van der Waals surface area contributed by atoms with Crippen molar-refractivity contribution < 1.29 is 17.6 Å². The minimum atomic E-state index is -3.55. The van der Waals surface area contributed by atoms with Crippen molar-refractivity contribution in [3.8, 4) is 0 Å². The summed E-state index contributed by atoms with van der Waals surface area (Å²) in [6, 6.07) is 0. The van der Waals surface area contributed by atoms with E-state index >= 15 is 0 Å². The van der Waals surface area contributed by atoms with E-state index < -0.39 is 15.9 Å². The zero-order valence-corrected chi connectivity index (χ0v) is 9.58. The van der Waals surface area contributed by atoms with Crippen LogP contribution >= 0.6 is 0 Å². The molecule has 1 heterocycles. The number of oxazole rings is 1. The maximum atomic E-state index is 11.6. The standard InChI is InChI=1S/C9H12N2O4S/c1-2-16(13,14)11-9(12)8-7(6-3-4-6)10-5-15-8/h5-6H,2-4H2,1H3,(H,11,12). The molecule has 1 fully saturated rings. The molecule has 16 heavy (non-hydrogen) atoms. The fourth-order valence-electron chi connectivity index (χ4n) is 1.33. The minimum Gasteiger partial charge on any atom is -0.438 e. The first kappa shape index (κ1) is 11.1. The van der Waals surface area contributed by atoms with Crippen molar-refractivity contribution in [1.82, 2.24) is 9.71 Å². The molecule has 0 spiro atoms. The Labute approximate surface area is 93.1 Å². The Kier molecular flexibility index (Phi) is 2.71. The van der Waals surface area contributed by atoms with Gasteiger partial charge in [-0.05, 0) is 19.8 Å². The molecule has 0 bridgehead atoms. The van der Waals surface area contributed by atoms with Gasteiger partial charge in [0.2, 0.25) is 15.8 Å². The van der Waals surface area contributed by atoms with E-state index in [1.807, 2.05) is 4.72 Å². The quantitative estimate of drug-likeness (QED) is 0.839. The molecule has 0 atom stereocenters. The average Bonchev–Trinajstić information content (AvgIpc) is 2.95. The van der Waals surface area contributed by atoms with Gasteiger partial charge >= 0.3 is 5.91 Å². The molecule has 2 rings (SSSR count). The minimum absolute atomic E-state index is 0.0134. The molecule has 0 aromatic carbocycles. The predicted molar refractivity (Wildman–Crippen MR) is 55.4 cm³/mol. The first-order chi connectivity index (χ1) is 7.53. The first-order valence-corrected chi connectivity index (χ1v) is 6.67. The van der Waals surface area contributed by atoms with Crippen molar-refractivity contribution in [3.63, 3.8) is 0 Å². The van der Waals surface area contributed by atoms with Gasteiger partial charge in [-0.2, -0.15) is 0 Å². The number of hydrogen-bond donors (Lipinski definition) is 1. The van der Waals surface area contributed by atoms with Crippen LogP contribution < -0.4 is 4.72 Å². The molecule has 1 aliphatic rings. The van der Waals surface area contributed by atoms with Gasteiger partial charge in [0.15, 0.2) is 6.39 Å². The van der Waals surface area contributed by atoms with Crippen LogP contribution in [0.5, 0.6) is 0 Å². The number of hydrogen-bond acceptors (Lipinski definition) is 5. The summed E-state index contributed by atoms with van der Waals surface area (Å²) in [5.74, 6) is -0.629. The fourth-order valence-corrected chi connectivity index (χ4v) is 1.85. The van der Waals surface area contributed by atoms with Crippen LogP contribution in [0.3, 0.4) is 0 Å². The van der Waals surface area contributed by atoms with Crippen LogP contribution in [0.2, 0.25) is 0 Å². The number of rotatable bonds is 4. The summed E-state index contributed by atoms with van der Waals surface area (Å²) in [5.41, 5.74) is 0.559. The van der Waals surface area contributed by atoms with Crippen molar-refractivity contribution in [2.75, 3.05) is 5.75 Å². The molecular weight excluding hydrogens is 232 g/mol. The van der Waals surface area contributed by atoms with E-state index in [0.717, 1.165) is 12.8 Å². The summed E-state index contributed by atoms with van der Waals surface area (Å²) in [4.78, 5) is 15.5. The van der Waals surface area contributed by atoms with Crippen molar-refractivity contribution in [1.29, 1.82) is 0 Å². The third kappa shape index (κ3) is 2.24. The number of carbonyl (C=O) groups is 1. The highest BCUT2D eigenvalue weighted by molar-refractivity contribution is 7.90. The molecule has 7 heteroatoms. The summed E-state index contributed by atoms with van der Waals surface area (Å²) in [5, 5.41) is 0. The Bertz CT molecular complexity index is 501. The summed E-state index contributed by atoms with van der Waals surface area (Å²) in [6.07, 6.45) is 3.10. The molecule has 1 N–H and O–H groups in total. The monoisotopic (exact) mass is 244 g/mol. The summed E-state index contributed by atoms with van der Waals surface area (Å²) in [7, 11) is -3.55. The van der Waals surface area contributed by atoms with Gasteiger partial charge in [-0.25, -0.2) is 18.1 Å². The number of aromatic nitrogens is 1. The molecule has 6 nitrogen and oxygen atoms in total. The third-order valence-electron chi connectivity index (χ3n) is 2.39. The maximum absolute atomic E-state index is 11.6. The number of sulfonamides is 1. The van der Waals surface area contributed by atoms with E-state index in [-0.39, 0.29) is 17.4 Å². The lowest BCUT2D eigenvalue weighted by atomic mass is 10.2. The van der Waals surface area contributed by atoms with E-state index in [2.05, 4.69) is 4.98 Å². The maximum Gasteiger partial charge on any atom is 0.302 e. The zero-order valence-electron chi connectivity index (χ0n) is 8.76. The third-order valence-corrected chi connectivity index (χ3v) is 3.65. The molecule has 1 aromatic rings. The highest BCUT2D eigenvalue weighted by atomic mass is 32.2. The van der Waals surface area contributed by atoms with E-state index in [1.165, 1.54) is 13.3 Å². The summed E-state index contributed by atoms with van der Waals surface area (Å²) >= 11 is 0. The molecule has 1 saturated carbocycles. The summed E-state index contributed by atoms with van der Waals surface area (Å²) in [6.45, 7) is 1.46. The van der Waals surface area contributed by atoms with Crippen LogP contribution in [0.4, 0.5) is 0 Å². The Hall–Kier alpha value is -1.37.